The van der Waals surface area contributed by atoms with Crippen LogP contribution in [0.2, 0.25) is 0 Å². The quantitative estimate of drug-likeness (QED) is 0.112. The van der Waals surface area contributed by atoms with E-state index in [0.717, 1.165) is 5.92 Å². The third-order valence-corrected chi connectivity index (χ3v) is 7.54. The van der Waals surface area contributed by atoms with Gasteiger partial charge in [-0.2, -0.15) is 0 Å². The molecular weight excluding hydrogens is 386 g/mol. The van der Waals surface area contributed by atoms with Crippen LogP contribution >= 0.6 is 0 Å². The summed E-state index contributed by atoms with van der Waals surface area (Å²) in [6, 6.07) is 0. The Labute approximate surface area is 205 Å². The van der Waals surface area contributed by atoms with Gasteiger partial charge in [-0.25, -0.2) is 0 Å². The fraction of sp³-hybridized carbons (Fsp3) is 1.00. The average molecular weight is 452 g/mol. The van der Waals surface area contributed by atoms with E-state index < -0.39 is 0 Å². The van der Waals surface area contributed by atoms with Gasteiger partial charge in [0.05, 0.1) is 0 Å². The van der Waals surface area contributed by atoms with E-state index in [-0.39, 0.29) is 0 Å². The molecule has 0 heterocycles. The lowest BCUT2D eigenvalue weighted by Crippen LogP contribution is -2.25. The summed E-state index contributed by atoms with van der Waals surface area (Å²) in [4.78, 5) is 2.70. The van der Waals surface area contributed by atoms with Crippen LogP contribution in [0, 0.1) is 5.92 Å². The Kier molecular flexibility index (Phi) is 27.2. The molecule has 0 aliphatic carbocycles. The molecule has 0 rings (SSSR count). The normalized spacial score (nSPS) is 12.7. The number of nitrogens with zero attached hydrogens (tertiary/aromatic N) is 1. The van der Waals surface area contributed by atoms with E-state index in [9.17, 15) is 0 Å². The summed E-state index contributed by atoms with van der Waals surface area (Å²) in [6.45, 7) is 13.2. The van der Waals surface area contributed by atoms with Crippen LogP contribution in [0.4, 0.5) is 0 Å². The molecule has 0 saturated heterocycles. The Hall–Kier alpha value is -0.0400. The second-order valence-corrected chi connectivity index (χ2v) is 10.7. The summed E-state index contributed by atoms with van der Waals surface area (Å²) in [5.41, 5.74) is 0. The van der Waals surface area contributed by atoms with E-state index in [2.05, 4.69) is 32.6 Å². The van der Waals surface area contributed by atoms with Crippen LogP contribution in [-0.4, -0.2) is 24.5 Å². The maximum atomic E-state index is 2.70. The minimum absolute atomic E-state index is 1.03. The fourth-order valence-electron chi connectivity index (χ4n) is 5.17. The van der Waals surface area contributed by atoms with Crippen molar-refractivity contribution in [3.63, 3.8) is 0 Å². The van der Waals surface area contributed by atoms with Gasteiger partial charge in [-0.15, -0.1) is 0 Å². The zero-order valence-electron chi connectivity index (χ0n) is 23.4. The summed E-state index contributed by atoms with van der Waals surface area (Å²) in [5.74, 6) is 1.03. The number of hydrogen-bond donors (Lipinski definition) is 0. The van der Waals surface area contributed by atoms with Crippen LogP contribution in [0.3, 0.4) is 0 Å². The topological polar surface area (TPSA) is 3.24 Å². The molecule has 1 heteroatoms. The largest absolute Gasteiger partial charge is 0.304 e. The van der Waals surface area contributed by atoms with E-state index in [1.807, 2.05) is 0 Å². The van der Waals surface area contributed by atoms with Crippen molar-refractivity contribution in [1.82, 2.24) is 4.90 Å². The first-order valence-corrected chi connectivity index (χ1v) is 15.5. The molecule has 0 saturated carbocycles. The third kappa shape index (κ3) is 23.1. The van der Waals surface area contributed by atoms with Crippen molar-refractivity contribution in [2.45, 2.75) is 175 Å². The van der Waals surface area contributed by atoms with Gasteiger partial charge in [-0.1, -0.05) is 163 Å². The van der Waals surface area contributed by atoms with Crippen LogP contribution in [-0.2, 0) is 0 Å². The van der Waals surface area contributed by atoms with Gasteiger partial charge in [0.25, 0.3) is 0 Å². The lowest BCUT2D eigenvalue weighted by molar-refractivity contribution is 0.273. The van der Waals surface area contributed by atoms with Gasteiger partial charge >= 0.3 is 0 Å². The van der Waals surface area contributed by atoms with Gasteiger partial charge in [-0.05, 0) is 38.4 Å². The van der Waals surface area contributed by atoms with E-state index >= 15 is 0 Å². The summed E-state index contributed by atoms with van der Waals surface area (Å²) < 4.78 is 0. The fourth-order valence-corrected chi connectivity index (χ4v) is 5.17. The molecule has 1 unspecified atom stereocenters. The second-order valence-electron chi connectivity index (χ2n) is 10.7. The molecule has 0 amide bonds. The predicted octanol–water partition coefficient (Wildman–Crippen LogP) is 11.0. The minimum Gasteiger partial charge on any atom is -0.304 e. The van der Waals surface area contributed by atoms with E-state index in [1.165, 1.54) is 167 Å². The molecule has 0 radical (unpaired) electrons. The second kappa shape index (κ2) is 27.2. The van der Waals surface area contributed by atoms with Crippen LogP contribution in [0.25, 0.3) is 0 Å². The van der Waals surface area contributed by atoms with Crippen molar-refractivity contribution in [3.8, 4) is 0 Å². The molecule has 0 fully saturated rings. The highest BCUT2D eigenvalue weighted by Crippen LogP contribution is 2.24. The van der Waals surface area contributed by atoms with Crippen LogP contribution in [0.15, 0.2) is 0 Å². The van der Waals surface area contributed by atoms with Crippen LogP contribution in [0.5, 0.6) is 0 Å². The molecule has 194 valence electrons. The zero-order chi connectivity index (χ0) is 23.5. The van der Waals surface area contributed by atoms with Crippen molar-refractivity contribution in [2.75, 3.05) is 19.6 Å². The Morgan fingerprint density at radius 1 is 0.375 bits per heavy atom. The van der Waals surface area contributed by atoms with Crippen molar-refractivity contribution < 1.29 is 0 Å². The molecule has 0 bridgehead atoms. The number of hydrogen-bond acceptors (Lipinski definition) is 1. The van der Waals surface area contributed by atoms with E-state index in [0.29, 0.717) is 0 Å². The highest BCUT2D eigenvalue weighted by atomic mass is 15.1. The molecule has 32 heavy (non-hydrogen) atoms. The Balaban J connectivity index is 3.77. The minimum atomic E-state index is 1.03. The first-order chi connectivity index (χ1) is 15.8. The summed E-state index contributed by atoms with van der Waals surface area (Å²) >= 11 is 0. The van der Waals surface area contributed by atoms with Gasteiger partial charge in [0.1, 0.15) is 0 Å². The average Bonchev–Trinajstić information content (AvgIpc) is 2.81. The van der Waals surface area contributed by atoms with Crippen LogP contribution < -0.4 is 0 Å². The molecule has 0 aliphatic heterocycles. The van der Waals surface area contributed by atoms with E-state index in [4.69, 9.17) is 0 Å². The molecule has 0 spiro atoms. The highest BCUT2D eigenvalue weighted by molar-refractivity contribution is 4.62. The lowest BCUT2D eigenvalue weighted by Gasteiger charge is -2.20. The van der Waals surface area contributed by atoms with Gasteiger partial charge in [0.2, 0.25) is 0 Å². The number of rotatable bonds is 27. The molecule has 1 atom stereocenters. The number of unbranched alkanes of at least 4 members (excludes halogenated alkanes) is 16. The molecule has 0 aromatic rings. The first kappa shape index (κ1) is 32.0. The summed E-state index contributed by atoms with van der Waals surface area (Å²) in [7, 11) is 0. The maximum Gasteiger partial charge on any atom is -0.00189 e. The molecule has 0 N–H and O–H groups in total. The third-order valence-electron chi connectivity index (χ3n) is 7.54. The molecular formula is C31H65N. The smallest absolute Gasteiger partial charge is 0.00189 e. The Morgan fingerprint density at radius 2 is 0.688 bits per heavy atom. The van der Waals surface area contributed by atoms with Crippen LogP contribution in [0.1, 0.15) is 175 Å². The molecule has 1 nitrogen and oxygen atoms in total. The Morgan fingerprint density at radius 3 is 1.06 bits per heavy atom. The van der Waals surface area contributed by atoms with Crippen molar-refractivity contribution in [2.24, 2.45) is 5.92 Å². The SMILES string of the molecule is CCCCCCCCN(CC)CCCCCCCC(CCCCCC)CCCCCCC. The standard InChI is InChI=1S/C31H65N/c1-5-9-12-15-19-24-29-32(8-4)30-25-20-16-18-23-28-31(26-21-14-11-7-3)27-22-17-13-10-6-2/h31H,5-30H2,1-4H3. The van der Waals surface area contributed by atoms with Crippen molar-refractivity contribution in [3.05, 3.63) is 0 Å². The van der Waals surface area contributed by atoms with E-state index in [1.54, 1.807) is 0 Å². The van der Waals surface area contributed by atoms with Gasteiger partial charge in [0.15, 0.2) is 0 Å². The highest BCUT2D eigenvalue weighted by Gasteiger charge is 2.09. The maximum absolute atomic E-state index is 2.70. The molecule has 0 aliphatic rings. The Bertz CT molecular complexity index is 326. The zero-order valence-corrected chi connectivity index (χ0v) is 23.4. The lowest BCUT2D eigenvalue weighted by atomic mass is 9.89. The van der Waals surface area contributed by atoms with Crippen molar-refractivity contribution in [1.29, 1.82) is 0 Å². The summed E-state index contributed by atoms with van der Waals surface area (Å²) in [5, 5.41) is 0. The molecule has 0 aromatic heterocycles. The predicted molar refractivity (Wildman–Crippen MR) is 149 cm³/mol. The van der Waals surface area contributed by atoms with Gasteiger partial charge < -0.3 is 4.90 Å². The first-order valence-electron chi connectivity index (χ1n) is 15.5. The van der Waals surface area contributed by atoms with Gasteiger partial charge in [0, 0.05) is 0 Å². The summed E-state index contributed by atoms with van der Waals surface area (Å²) in [6.07, 6.45) is 33.4. The van der Waals surface area contributed by atoms with Gasteiger partial charge in [-0.3, -0.25) is 0 Å². The monoisotopic (exact) mass is 452 g/mol. The van der Waals surface area contributed by atoms with Crippen molar-refractivity contribution >= 4 is 0 Å². The molecule has 0 aromatic carbocycles.